The van der Waals surface area contributed by atoms with Crippen LogP contribution in [0.15, 0.2) is 12.7 Å². The molecule has 0 fully saturated rings. The second kappa shape index (κ2) is 4.01. The fourth-order valence-electron chi connectivity index (χ4n) is 1.90. The van der Waals surface area contributed by atoms with Crippen molar-refractivity contribution in [3.63, 3.8) is 0 Å². The Morgan fingerprint density at radius 1 is 1.31 bits per heavy atom. The molecule has 0 spiro atoms. The fraction of sp³-hybridized carbons (Fsp3) is 0.556. The van der Waals surface area contributed by atoms with Gasteiger partial charge in [0, 0.05) is 13.1 Å². The quantitative estimate of drug-likeness (QED) is 0.731. The van der Waals surface area contributed by atoms with Gasteiger partial charge in [0.2, 0.25) is 0 Å². The number of aromatic nitrogens is 6. The molecule has 0 amide bonds. The molecular formula is C9H13N7. The number of hydrogen-bond acceptors (Lipinski definition) is 5. The molecule has 16 heavy (non-hydrogen) atoms. The highest BCUT2D eigenvalue weighted by Gasteiger charge is 2.14. The number of hydrogen-bond donors (Lipinski definition) is 1. The summed E-state index contributed by atoms with van der Waals surface area (Å²) in [5.41, 5.74) is 2.17. The molecule has 1 aliphatic rings. The van der Waals surface area contributed by atoms with Gasteiger partial charge >= 0.3 is 0 Å². The Morgan fingerprint density at radius 3 is 3.06 bits per heavy atom. The monoisotopic (exact) mass is 219 g/mol. The van der Waals surface area contributed by atoms with E-state index in [2.05, 4.69) is 25.8 Å². The van der Waals surface area contributed by atoms with E-state index in [4.69, 9.17) is 0 Å². The Balaban J connectivity index is 1.87. The summed E-state index contributed by atoms with van der Waals surface area (Å²) in [5.74, 6) is 0. The van der Waals surface area contributed by atoms with Crippen LogP contribution in [0.1, 0.15) is 17.8 Å². The van der Waals surface area contributed by atoms with Gasteiger partial charge in [-0.3, -0.25) is 0 Å². The third-order valence-electron chi connectivity index (χ3n) is 2.73. The second-order valence-corrected chi connectivity index (χ2v) is 3.87. The van der Waals surface area contributed by atoms with Crippen LogP contribution in [-0.4, -0.2) is 36.3 Å². The maximum Gasteiger partial charge on any atom is 0.119 e. The number of rotatable bonds is 2. The van der Waals surface area contributed by atoms with Crippen LogP contribution in [-0.2, 0) is 19.6 Å². The molecule has 1 N–H and O–H groups in total. The zero-order valence-corrected chi connectivity index (χ0v) is 8.87. The smallest absolute Gasteiger partial charge is 0.119 e. The van der Waals surface area contributed by atoms with Gasteiger partial charge in [-0.1, -0.05) is 5.21 Å². The average Bonchev–Trinajstić information content (AvgIpc) is 2.86. The first-order valence-electron chi connectivity index (χ1n) is 5.38. The van der Waals surface area contributed by atoms with E-state index in [1.165, 1.54) is 5.69 Å². The lowest BCUT2D eigenvalue weighted by Crippen LogP contribution is -2.14. The average molecular weight is 219 g/mol. The summed E-state index contributed by atoms with van der Waals surface area (Å²) in [6, 6.07) is 0. The number of nitrogens with one attached hydrogen (secondary N) is 1. The van der Waals surface area contributed by atoms with Gasteiger partial charge in [-0.05, 0) is 13.0 Å². The zero-order valence-electron chi connectivity index (χ0n) is 8.87. The van der Waals surface area contributed by atoms with Crippen LogP contribution in [0.3, 0.4) is 0 Å². The van der Waals surface area contributed by atoms with E-state index in [1.54, 1.807) is 12.7 Å². The van der Waals surface area contributed by atoms with E-state index in [9.17, 15) is 0 Å². The van der Waals surface area contributed by atoms with Gasteiger partial charge < -0.3 is 9.88 Å². The van der Waals surface area contributed by atoms with Crippen molar-refractivity contribution in [2.24, 2.45) is 0 Å². The molecule has 2 aromatic heterocycles. The number of nitrogens with zero attached hydrogens (tertiary/aromatic N) is 6. The third kappa shape index (κ3) is 1.69. The van der Waals surface area contributed by atoms with Gasteiger partial charge in [0.15, 0.2) is 0 Å². The first-order valence-corrected chi connectivity index (χ1v) is 5.38. The van der Waals surface area contributed by atoms with Crippen LogP contribution < -0.4 is 5.32 Å². The van der Waals surface area contributed by atoms with Gasteiger partial charge in [0.05, 0.1) is 12.2 Å². The highest BCUT2D eigenvalue weighted by molar-refractivity contribution is 5.11. The van der Waals surface area contributed by atoms with Crippen LogP contribution in [0.25, 0.3) is 0 Å². The minimum absolute atomic E-state index is 0.685. The molecule has 84 valence electrons. The summed E-state index contributed by atoms with van der Waals surface area (Å²) in [6.07, 6.45) is 4.48. The highest BCUT2D eigenvalue weighted by Crippen LogP contribution is 2.10. The molecule has 0 saturated heterocycles. The van der Waals surface area contributed by atoms with E-state index >= 15 is 0 Å². The third-order valence-corrected chi connectivity index (χ3v) is 2.73. The number of aryl methyl sites for hydroxylation is 1. The van der Waals surface area contributed by atoms with Gasteiger partial charge in [0.25, 0.3) is 0 Å². The largest absolute Gasteiger partial charge is 0.314 e. The van der Waals surface area contributed by atoms with E-state index < -0.39 is 0 Å². The first kappa shape index (κ1) is 9.46. The molecule has 0 atom stereocenters. The minimum atomic E-state index is 0.685. The van der Waals surface area contributed by atoms with Crippen molar-refractivity contribution in [3.05, 3.63) is 24.0 Å². The molecule has 7 heteroatoms. The second-order valence-electron chi connectivity index (χ2n) is 3.87. The minimum Gasteiger partial charge on any atom is -0.314 e. The van der Waals surface area contributed by atoms with Crippen molar-refractivity contribution in [1.29, 1.82) is 0 Å². The molecular weight excluding hydrogens is 206 g/mol. The fourth-order valence-corrected chi connectivity index (χ4v) is 1.90. The van der Waals surface area contributed by atoms with E-state index in [-0.39, 0.29) is 0 Å². The molecule has 3 heterocycles. The Kier molecular flexibility index (Phi) is 2.37. The summed E-state index contributed by atoms with van der Waals surface area (Å²) < 4.78 is 3.88. The molecule has 0 unspecified atom stereocenters. The molecule has 0 bridgehead atoms. The molecule has 3 rings (SSSR count). The number of fused-ring (bicyclic) bond motifs is 1. The molecule has 0 aromatic carbocycles. The molecule has 1 aliphatic heterocycles. The zero-order chi connectivity index (χ0) is 10.8. The summed E-state index contributed by atoms with van der Waals surface area (Å²) >= 11 is 0. The van der Waals surface area contributed by atoms with Crippen LogP contribution >= 0.6 is 0 Å². The Labute approximate surface area is 92.5 Å². The van der Waals surface area contributed by atoms with Crippen molar-refractivity contribution in [2.45, 2.75) is 26.1 Å². The Bertz CT molecular complexity index is 458. The summed E-state index contributed by atoms with van der Waals surface area (Å²) in [4.78, 5) is 0. The first-order chi connectivity index (χ1) is 7.93. The standard InChI is InChI=1S/C9H13N7/c1-2-10-4-9-8(13-14-16(9)3-1)5-15-6-11-12-7-15/h6-7,10H,1-5H2. The van der Waals surface area contributed by atoms with Gasteiger partial charge in [-0.15, -0.1) is 15.3 Å². The van der Waals surface area contributed by atoms with Crippen molar-refractivity contribution < 1.29 is 0 Å². The van der Waals surface area contributed by atoms with E-state index in [1.807, 2.05) is 9.25 Å². The molecule has 0 radical (unpaired) electrons. The van der Waals surface area contributed by atoms with E-state index in [0.29, 0.717) is 6.54 Å². The van der Waals surface area contributed by atoms with E-state index in [0.717, 1.165) is 31.7 Å². The molecule has 0 saturated carbocycles. The van der Waals surface area contributed by atoms with Crippen molar-refractivity contribution in [1.82, 2.24) is 35.1 Å². The van der Waals surface area contributed by atoms with Crippen LogP contribution in [0.2, 0.25) is 0 Å². The summed E-state index contributed by atoms with van der Waals surface area (Å²) in [7, 11) is 0. The van der Waals surface area contributed by atoms with Gasteiger partial charge in [-0.25, -0.2) is 4.68 Å². The van der Waals surface area contributed by atoms with Crippen LogP contribution in [0.5, 0.6) is 0 Å². The normalized spacial score (nSPS) is 15.8. The molecule has 2 aromatic rings. The molecule has 0 aliphatic carbocycles. The summed E-state index contributed by atoms with van der Waals surface area (Å²) in [6.45, 7) is 3.50. The predicted octanol–water partition coefficient (Wildman–Crippen LogP) is -0.589. The molecule has 7 nitrogen and oxygen atoms in total. The maximum absolute atomic E-state index is 4.21. The lowest BCUT2D eigenvalue weighted by Gasteiger charge is -2.03. The predicted molar refractivity (Wildman–Crippen MR) is 55.5 cm³/mol. The lowest BCUT2D eigenvalue weighted by atomic mass is 10.3. The lowest BCUT2D eigenvalue weighted by molar-refractivity contribution is 0.566. The van der Waals surface area contributed by atoms with Crippen molar-refractivity contribution in [3.8, 4) is 0 Å². The highest BCUT2D eigenvalue weighted by atomic mass is 15.4. The Hall–Kier alpha value is -1.76. The maximum atomic E-state index is 4.21. The van der Waals surface area contributed by atoms with Gasteiger partial charge in [0.1, 0.15) is 18.3 Å². The van der Waals surface area contributed by atoms with Crippen LogP contribution in [0, 0.1) is 0 Å². The Morgan fingerprint density at radius 2 is 2.19 bits per heavy atom. The van der Waals surface area contributed by atoms with Crippen molar-refractivity contribution in [2.75, 3.05) is 6.54 Å². The van der Waals surface area contributed by atoms with Crippen LogP contribution in [0.4, 0.5) is 0 Å². The van der Waals surface area contributed by atoms with Crippen molar-refractivity contribution >= 4 is 0 Å². The summed E-state index contributed by atoms with van der Waals surface area (Å²) in [5, 5.41) is 19.3. The topological polar surface area (TPSA) is 73.5 Å². The SMILES string of the molecule is c1nncn1Cc1nnn2c1CNCCC2. The van der Waals surface area contributed by atoms with Gasteiger partial charge in [-0.2, -0.15) is 0 Å².